The number of methoxy groups -OCH3 is 1. The molecule has 0 aliphatic rings. The maximum Gasteiger partial charge on any atom is 0.306 e. The second-order valence-electron chi connectivity index (χ2n) is 5.51. The molecular formula is C18H34O3. The van der Waals surface area contributed by atoms with Crippen LogP contribution in [0.4, 0.5) is 0 Å². The zero-order valence-electron chi connectivity index (χ0n) is 14.1. The maximum atomic E-state index is 11.5. The first-order chi connectivity index (χ1) is 10.3. The van der Waals surface area contributed by atoms with Crippen molar-refractivity contribution in [2.24, 2.45) is 0 Å². The van der Waals surface area contributed by atoms with E-state index in [0.29, 0.717) is 13.0 Å². The van der Waals surface area contributed by atoms with Gasteiger partial charge in [-0.2, -0.15) is 0 Å². The van der Waals surface area contributed by atoms with Crippen molar-refractivity contribution in [3.63, 3.8) is 0 Å². The Balaban J connectivity index is 3.24. The number of hydrogen-bond donors (Lipinski definition) is 0. The number of rotatable bonds is 15. The molecule has 0 spiro atoms. The van der Waals surface area contributed by atoms with E-state index in [-0.39, 0.29) is 5.97 Å². The van der Waals surface area contributed by atoms with Crippen LogP contribution in [-0.4, -0.2) is 26.3 Å². The van der Waals surface area contributed by atoms with Gasteiger partial charge in [0.2, 0.25) is 0 Å². The molecule has 0 saturated heterocycles. The van der Waals surface area contributed by atoms with Crippen LogP contribution in [0.25, 0.3) is 0 Å². The van der Waals surface area contributed by atoms with Crippen LogP contribution < -0.4 is 0 Å². The summed E-state index contributed by atoms with van der Waals surface area (Å²) in [5.74, 6) is -0.0671. The quantitative estimate of drug-likeness (QED) is 0.241. The van der Waals surface area contributed by atoms with E-state index >= 15 is 0 Å². The van der Waals surface area contributed by atoms with Gasteiger partial charge in [0.15, 0.2) is 0 Å². The predicted octanol–water partition coefficient (Wildman–Crippen LogP) is 5.04. The molecule has 0 bridgehead atoms. The molecule has 0 aliphatic heterocycles. The molecule has 0 fully saturated rings. The van der Waals surface area contributed by atoms with Gasteiger partial charge < -0.3 is 9.47 Å². The molecule has 0 aromatic rings. The molecular weight excluding hydrogens is 264 g/mol. The van der Waals surface area contributed by atoms with E-state index < -0.39 is 0 Å². The van der Waals surface area contributed by atoms with Crippen molar-refractivity contribution >= 4 is 5.97 Å². The summed E-state index contributed by atoms with van der Waals surface area (Å²) in [4.78, 5) is 11.5. The highest BCUT2D eigenvalue weighted by Crippen LogP contribution is 2.06. The molecule has 0 saturated carbocycles. The summed E-state index contributed by atoms with van der Waals surface area (Å²) in [6.07, 6.45) is 16.4. The van der Waals surface area contributed by atoms with E-state index in [0.717, 1.165) is 32.3 Å². The minimum absolute atomic E-state index is 0.0671. The lowest BCUT2D eigenvalue weighted by atomic mass is 10.1. The minimum atomic E-state index is -0.0671. The van der Waals surface area contributed by atoms with Crippen LogP contribution in [0.3, 0.4) is 0 Å². The summed E-state index contributed by atoms with van der Waals surface area (Å²) >= 11 is 0. The molecule has 0 radical (unpaired) electrons. The number of unbranched alkanes of at least 4 members (excludes halogenated alkanes) is 8. The van der Waals surface area contributed by atoms with Crippen LogP contribution in [0.5, 0.6) is 0 Å². The molecule has 0 atom stereocenters. The van der Waals surface area contributed by atoms with Gasteiger partial charge in [0, 0.05) is 20.1 Å². The van der Waals surface area contributed by atoms with Gasteiger partial charge in [-0.3, -0.25) is 4.79 Å². The van der Waals surface area contributed by atoms with Crippen molar-refractivity contribution in [1.82, 2.24) is 0 Å². The van der Waals surface area contributed by atoms with Crippen LogP contribution >= 0.6 is 0 Å². The Morgan fingerprint density at radius 3 is 2.38 bits per heavy atom. The molecule has 0 unspecified atom stereocenters. The van der Waals surface area contributed by atoms with Gasteiger partial charge in [-0.25, -0.2) is 0 Å². The second-order valence-corrected chi connectivity index (χ2v) is 5.51. The minimum Gasteiger partial charge on any atom is -0.461 e. The van der Waals surface area contributed by atoms with E-state index in [4.69, 9.17) is 9.47 Å². The second kappa shape index (κ2) is 17.2. The van der Waals surface area contributed by atoms with Crippen LogP contribution in [0.2, 0.25) is 0 Å². The van der Waals surface area contributed by atoms with Crippen LogP contribution in [0.15, 0.2) is 12.2 Å². The van der Waals surface area contributed by atoms with Gasteiger partial charge in [-0.15, -0.1) is 0 Å². The molecule has 0 aromatic heterocycles. The van der Waals surface area contributed by atoms with E-state index in [1.54, 1.807) is 7.11 Å². The lowest BCUT2D eigenvalue weighted by molar-refractivity contribution is -0.142. The van der Waals surface area contributed by atoms with Crippen LogP contribution in [-0.2, 0) is 14.3 Å². The molecule has 0 N–H and O–H groups in total. The third kappa shape index (κ3) is 17.1. The smallest absolute Gasteiger partial charge is 0.306 e. The van der Waals surface area contributed by atoms with Crippen molar-refractivity contribution < 1.29 is 14.3 Å². The third-order valence-electron chi connectivity index (χ3n) is 3.46. The number of hydrogen-bond acceptors (Lipinski definition) is 3. The Bertz CT molecular complexity index is 249. The SMILES string of the molecule is CCCCCC/C=C/COC(=O)CCCCCCCOC. The highest BCUT2D eigenvalue weighted by Gasteiger charge is 2.00. The first kappa shape index (κ1) is 20.2. The standard InChI is InChI=1S/C18H34O3/c1-3-4-5-6-7-11-14-17-21-18(19)15-12-9-8-10-13-16-20-2/h11,14H,3-10,12-13,15-17H2,1-2H3/b14-11+. The van der Waals surface area contributed by atoms with E-state index in [1.807, 2.05) is 6.08 Å². The first-order valence-electron chi connectivity index (χ1n) is 8.60. The summed E-state index contributed by atoms with van der Waals surface area (Å²) in [6, 6.07) is 0. The predicted molar refractivity (Wildman–Crippen MR) is 88.4 cm³/mol. The average molecular weight is 298 g/mol. The molecule has 0 aromatic carbocycles. The van der Waals surface area contributed by atoms with Crippen LogP contribution in [0, 0.1) is 0 Å². The molecule has 21 heavy (non-hydrogen) atoms. The Kier molecular flexibility index (Phi) is 16.5. The van der Waals surface area contributed by atoms with Crippen molar-refractivity contribution in [1.29, 1.82) is 0 Å². The van der Waals surface area contributed by atoms with Crippen molar-refractivity contribution in [2.75, 3.05) is 20.3 Å². The normalized spacial score (nSPS) is 11.1. The first-order valence-corrected chi connectivity index (χ1v) is 8.60. The summed E-state index contributed by atoms with van der Waals surface area (Å²) in [5.41, 5.74) is 0. The zero-order chi connectivity index (χ0) is 15.6. The summed E-state index contributed by atoms with van der Waals surface area (Å²) in [7, 11) is 1.73. The number of carbonyl (C=O) groups excluding carboxylic acids is 1. The van der Waals surface area contributed by atoms with Crippen molar-refractivity contribution in [2.45, 2.75) is 77.6 Å². The van der Waals surface area contributed by atoms with Crippen molar-refractivity contribution in [3.05, 3.63) is 12.2 Å². The Morgan fingerprint density at radius 2 is 1.62 bits per heavy atom. The Morgan fingerprint density at radius 1 is 0.905 bits per heavy atom. The number of esters is 1. The molecule has 124 valence electrons. The highest BCUT2D eigenvalue weighted by atomic mass is 16.5. The summed E-state index contributed by atoms with van der Waals surface area (Å²) < 4.78 is 10.2. The molecule has 0 rings (SSSR count). The Hall–Kier alpha value is -0.830. The van der Waals surface area contributed by atoms with Gasteiger partial charge in [-0.05, 0) is 25.7 Å². The largest absolute Gasteiger partial charge is 0.461 e. The number of ether oxygens (including phenoxy) is 2. The number of allylic oxidation sites excluding steroid dienone is 1. The van der Waals surface area contributed by atoms with Gasteiger partial charge in [0.05, 0.1) is 0 Å². The van der Waals surface area contributed by atoms with Gasteiger partial charge in [0.1, 0.15) is 6.61 Å². The van der Waals surface area contributed by atoms with Gasteiger partial charge in [-0.1, -0.05) is 57.6 Å². The maximum absolute atomic E-state index is 11.5. The molecule has 3 nitrogen and oxygen atoms in total. The molecule has 0 amide bonds. The lowest BCUT2D eigenvalue weighted by Crippen LogP contribution is -2.04. The lowest BCUT2D eigenvalue weighted by Gasteiger charge is -2.02. The van der Waals surface area contributed by atoms with E-state index in [1.165, 1.54) is 38.5 Å². The van der Waals surface area contributed by atoms with Crippen molar-refractivity contribution in [3.8, 4) is 0 Å². The van der Waals surface area contributed by atoms with E-state index in [9.17, 15) is 4.79 Å². The van der Waals surface area contributed by atoms with Crippen LogP contribution in [0.1, 0.15) is 77.6 Å². The highest BCUT2D eigenvalue weighted by molar-refractivity contribution is 5.69. The fraction of sp³-hybridized carbons (Fsp3) is 0.833. The topological polar surface area (TPSA) is 35.5 Å². The fourth-order valence-electron chi connectivity index (χ4n) is 2.13. The monoisotopic (exact) mass is 298 g/mol. The summed E-state index contributed by atoms with van der Waals surface area (Å²) in [6.45, 7) is 3.49. The Labute approximate surface area is 131 Å². The molecule has 3 heteroatoms. The zero-order valence-corrected chi connectivity index (χ0v) is 14.1. The van der Waals surface area contributed by atoms with E-state index in [2.05, 4.69) is 13.0 Å². The summed E-state index contributed by atoms with van der Waals surface area (Å²) in [5, 5.41) is 0. The van der Waals surface area contributed by atoms with Gasteiger partial charge >= 0.3 is 5.97 Å². The molecule has 0 heterocycles. The van der Waals surface area contributed by atoms with Gasteiger partial charge in [0.25, 0.3) is 0 Å². The fourth-order valence-corrected chi connectivity index (χ4v) is 2.13. The number of carbonyl (C=O) groups is 1. The average Bonchev–Trinajstić information content (AvgIpc) is 2.49. The third-order valence-corrected chi connectivity index (χ3v) is 3.46. The molecule has 0 aliphatic carbocycles.